The van der Waals surface area contributed by atoms with E-state index in [2.05, 4.69) is 20.5 Å². The van der Waals surface area contributed by atoms with Gasteiger partial charge in [-0.3, -0.25) is 9.89 Å². The zero-order chi connectivity index (χ0) is 12.3. The minimum absolute atomic E-state index is 0.0404. The molecule has 0 bridgehead atoms. The second kappa shape index (κ2) is 8.69. The molecular weight excluding hydrogens is 220 g/mol. The number of nitrogens with one attached hydrogen (secondary N) is 2. The summed E-state index contributed by atoms with van der Waals surface area (Å²) in [6.45, 7) is 3.93. The van der Waals surface area contributed by atoms with Gasteiger partial charge >= 0.3 is 0 Å². The highest BCUT2D eigenvalue weighted by atomic mass is 16.5. The summed E-state index contributed by atoms with van der Waals surface area (Å²) in [6, 6.07) is 0. The van der Waals surface area contributed by atoms with Crippen molar-refractivity contribution in [1.82, 2.24) is 20.5 Å². The third kappa shape index (κ3) is 6.68. The molecule has 1 rings (SSSR count). The number of aromatic amines is 1. The van der Waals surface area contributed by atoms with Crippen LogP contribution in [0.25, 0.3) is 0 Å². The third-order valence-electron chi connectivity index (χ3n) is 2.20. The molecule has 17 heavy (non-hydrogen) atoms. The van der Waals surface area contributed by atoms with Crippen molar-refractivity contribution >= 4 is 5.91 Å². The first-order chi connectivity index (χ1) is 8.33. The number of ether oxygens (including phenoxy) is 1. The smallest absolute Gasteiger partial charge is 0.222 e. The number of carbonyl (C=O) groups excluding carboxylic acids is 1. The van der Waals surface area contributed by atoms with E-state index in [9.17, 15) is 4.79 Å². The van der Waals surface area contributed by atoms with Gasteiger partial charge in [-0.2, -0.15) is 5.10 Å². The Morgan fingerprint density at radius 1 is 1.53 bits per heavy atom. The Balaban J connectivity index is 1.93. The molecule has 0 radical (unpaired) electrons. The highest BCUT2D eigenvalue weighted by Crippen LogP contribution is 1.92. The maximum atomic E-state index is 11.3. The van der Waals surface area contributed by atoms with Gasteiger partial charge in [0, 0.05) is 26.0 Å². The maximum absolute atomic E-state index is 11.3. The molecule has 0 saturated heterocycles. The maximum Gasteiger partial charge on any atom is 0.222 e. The third-order valence-corrected chi connectivity index (χ3v) is 2.20. The fourth-order valence-electron chi connectivity index (χ4n) is 1.33. The Labute approximate surface area is 101 Å². The van der Waals surface area contributed by atoms with E-state index in [1.165, 1.54) is 6.33 Å². The zero-order valence-electron chi connectivity index (χ0n) is 10.2. The molecule has 1 heterocycles. The molecule has 6 nitrogen and oxygen atoms in total. The number of rotatable bonds is 9. The molecule has 0 spiro atoms. The standard InChI is InChI=1S/C11H20N4O2/c1-2-7-17-8-5-11(16)12-6-3-4-10-13-9-14-15-10/h9H,2-8H2,1H3,(H,12,16)(H,13,14,15). The first kappa shape index (κ1) is 13.6. The molecule has 1 amide bonds. The summed E-state index contributed by atoms with van der Waals surface area (Å²) in [5.74, 6) is 0.893. The predicted molar refractivity (Wildman–Crippen MR) is 63.4 cm³/mol. The fraction of sp³-hybridized carbons (Fsp3) is 0.727. The van der Waals surface area contributed by atoms with E-state index in [1.54, 1.807) is 0 Å². The molecule has 0 atom stereocenters. The SMILES string of the molecule is CCCOCCC(=O)NCCCc1ncn[nH]1. The molecule has 1 aromatic heterocycles. The molecular formula is C11H20N4O2. The van der Waals surface area contributed by atoms with Gasteiger partial charge in [0.25, 0.3) is 0 Å². The van der Waals surface area contributed by atoms with Gasteiger partial charge in [-0.1, -0.05) is 6.92 Å². The zero-order valence-corrected chi connectivity index (χ0v) is 10.2. The van der Waals surface area contributed by atoms with Crippen LogP contribution in [0.1, 0.15) is 32.0 Å². The van der Waals surface area contributed by atoms with Crippen molar-refractivity contribution in [3.8, 4) is 0 Å². The molecule has 0 unspecified atom stereocenters. The van der Waals surface area contributed by atoms with Crippen molar-refractivity contribution in [3.63, 3.8) is 0 Å². The number of aromatic nitrogens is 3. The van der Waals surface area contributed by atoms with Crippen LogP contribution in [0.15, 0.2) is 6.33 Å². The number of amides is 1. The van der Waals surface area contributed by atoms with Crippen LogP contribution in [0.3, 0.4) is 0 Å². The molecule has 1 aromatic rings. The molecule has 6 heteroatoms. The average Bonchev–Trinajstić information content (AvgIpc) is 2.83. The Bertz CT molecular complexity index is 300. The summed E-state index contributed by atoms with van der Waals surface area (Å²) in [5.41, 5.74) is 0. The van der Waals surface area contributed by atoms with E-state index in [0.29, 0.717) is 19.6 Å². The van der Waals surface area contributed by atoms with Crippen LogP contribution in [0.5, 0.6) is 0 Å². The Kier molecular flexibility index (Phi) is 6.97. The number of hydrogen-bond acceptors (Lipinski definition) is 4. The van der Waals surface area contributed by atoms with E-state index in [-0.39, 0.29) is 5.91 Å². The number of aryl methyl sites for hydroxylation is 1. The van der Waals surface area contributed by atoms with Gasteiger partial charge < -0.3 is 10.1 Å². The van der Waals surface area contributed by atoms with Gasteiger partial charge in [-0.25, -0.2) is 4.98 Å². The van der Waals surface area contributed by atoms with E-state index in [0.717, 1.165) is 31.7 Å². The van der Waals surface area contributed by atoms with Crippen molar-refractivity contribution < 1.29 is 9.53 Å². The summed E-state index contributed by atoms with van der Waals surface area (Å²) in [7, 11) is 0. The Hall–Kier alpha value is -1.43. The Morgan fingerprint density at radius 3 is 3.12 bits per heavy atom. The molecule has 0 aliphatic rings. The van der Waals surface area contributed by atoms with E-state index in [1.807, 2.05) is 6.92 Å². The lowest BCUT2D eigenvalue weighted by molar-refractivity contribution is -0.122. The average molecular weight is 240 g/mol. The van der Waals surface area contributed by atoms with E-state index >= 15 is 0 Å². The molecule has 2 N–H and O–H groups in total. The lowest BCUT2D eigenvalue weighted by atomic mass is 10.3. The van der Waals surface area contributed by atoms with E-state index in [4.69, 9.17) is 4.74 Å². The van der Waals surface area contributed by atoms with Crippen molar-refractivity contribution in [1.29, 1.82) is 0 Å². The van der Waals surface area contributed by atoms with Crippen LogP contribution in [-0.2, 0) is 16.0 Å². The molecule has 0 fully saturated rings. The number of nitrogens with zero attached hydrogens (tertiary/aromatic N) is 2. The van der Waals surface area contributed by atoms with E-state index < -0.39 is 0 Å². The highest BCUT2D eigenvalue weighted by Gasteiger charge is 2.01. The summed E-state index contributed by atoms with van der Waals surface area (Å²) < 4.78 is 5.23. The summed E-state index contributed by atoms with van der Waals surface area (Å²) in [5, 5.41) is 9.37. The molecule has 0 aliphatic heterocycles. The first-order valence-corrected chi connectivity index (χ1v) is 6.01. The molecule has 0 aromatic carbocycles. The van der Waals surface area contributed by atoms with Crippen LogP contribution in [-0.4, -0.2) is 40.8 Å². The normalized spacial score (nSPS) is 10.4. The van der Waals surface area contributed by atoms with Gasteiger partial charge in [0.2, 0.25) is 5.91 Å². The Morgan fingerprint density at radius 2 is 2.41 bits per heavy atom. The van der Waals surface area contributed by atoms with Crippen LogP contribution < -0.4 is 5.32 Å². The number of hydrogen-bond donors (Lipinski definition) is 2. The highest BCUT2D eigenvalue weighted by molar-refractivity contribution is 5.75. The second-order valence-corrected chi connectivity index (χ2v) is 3.75. The molecule has 0 aliphatic carbocycles. The van der Waals surface area contributed by atoms with Gasteiger partial charge in [0.05, 0.1) is 6.61 Å². The van der Waals surface area contributed by atoms with Crippen molar-refractivity contribution in [2.75, 3.05) is 19.8 Å². The number of carbonyl (C=O) groups is 1. The summed E-state index contributed by atoms with van der Waals surface area (Å²) in [4.78, 5) is 15.3. The van der Waals surface area contributed by atoms with Crippen molar-refractivity contribution in [2.24, 2.45) is 0 Å². The fourth-order valence-corrected chi connectivity index (χ4v) is 1.33. The number of H-pyrrole nitrogens is 1. The van der Waals surface area contributed by atoms with Crippen LogP contribution in [0.2, 0.25) is 0 Å². The monoisotopic (exact) mass is 240 g/mol. The van der Waals surface area contributed by atoms with Crippen LogP contribution >= 0.6 is 0 Å². The topological polar surface area (TPSA) is 79.9 Å². The minimum Gasteiger partial charge on any atom is -0.381 e. The van der Waals surface area contributed by atoms with Gasteiger partial charge in [0.1, 0.15) is 12.2 Å². The summed E-state index contributed by atoms with van der Waals surface area (Å²) >= 11 is 0. The first-order valence-electron chi connectivity index (χ1n) is 6.01. The van der Waals surface area contributed by atoms with Crippen LogP contribution in [0, 0.1) is 0 Å². The lowest BCUT2D eigenvalue weighted by Gasteiger charge is -2.04. The van der Waals surface area contributed by atoms with Crippen LogP contribution in [0.4, 0.5) is 0 Å². The lowest BCUT2D eigenvalue weighted by Crippen LogP contribution is -2.25. The minimum atomic E-state index is 0.0404. The summed E-state index contributed by atoms with van der Waals surface area (Å²) in [6.07, 6.45) is 4.56. The second-order valence-electron chi connectivity index (χ2n) is 3.75. The van der Waals surface area contributed by atoms with Crippen molar-refractivity contribution in [2.45, 2.75) is 32.6 Å². The quantitative estimate of drug-likeness (QED) is 0.622. The molecule has 0 saturated carbocycles. The largest absolute Gasteiger partial charge is 0.381 e. The van der Waals surface area contributed by atoms with Crippen molar-refractivity contribution in [3.05, 3.63) is 12.2 Å². The van der Waals surface area contributed by atoms with Gasteiger partial charge in [-0.05, 0) is 12.8 Å². The van der Waals surface area contributed by atoms with Gasteiger partial charge in [0.15, 0.2) is 0 Å². The molecule has 96 valence electrons. The van der Waals surface area contributed by atoms with Gasteiger partial charge in [-0.15, -0.1) is 0 Å². The predicted octanol–water partition coefficient (Wildman–Crippen LogP) is 0.670.